The minimum absolute atomic E-state index is 0.124. The highest BCUT2D eigenvalue weighted by Gasteiger charge is 2.33. The fourth-order valence-corrected chi connectivity index (χ4v) is 4.54. The average Bonchev–Trinajstić information content (AvgIpc) is 3.57. The van der Waals surface area contributed by atoms with Gasteiger partial charge in [0.1, 0.15) is 17.7 Å². The first-order chi connectivity index (χ1) is 15.8. The Morgan fingerprint density at radius 3 is 2.52 bits per heavy atom. The molecule has 2 aromatic heterocycles. The molecular weight excluding hydrogens is 433 g/mol. The van der Waals surface area contributed by atoms with Crippen LogP contribution in [0.1, 0.15) is 72.2 Å². The molecule has 0 radical (unpaired) electrons. The Morgan fingerprint density at radius 2 is 1.85 bits per heavy atom. The summed E-state index contributed by atoms with van der Waals surface area (Å²) >= 11 is 0. The maximum Gasteiger partial charge on any atom is 0.433 e. The second kappa shape index (κ2) is 8.28. The number of nitrogens with one attached hydrogen (secondary N) is 1. The largest absolute Gasteiger partial charge is 0.433 e. The van der Waals surface area contributed by atoms with Gasteiger partial charge in [-0.1, -0.05) is 6.07 Å². The van der Waals surface area contributed by atoms with Crippen molar-refractivity contribution in [3.05, 3.63) is 53.5 Å². The number of alkyl halides is 3. The van der Waals surface area contributed by atoms with Gasteiger partial charge in [0.25, 0.3) is 5.91 Å². The molecule has 1 amide bonds. The van der Waals surface area contributed by atoms with Crippen molar-refractivity contribution in [3.8, 4) is 0 Å². The van der Waals surface area contributed by atoms with Gasteiger partial charge < -0.3 is 10.1 Å². The van der Waals surface area contributed by atoms with Crippen LogP contribution in [0.2, 0.25) is 0 Å². The first kappa shape index (κ1) is 21.6. The summed E-state index contributed by atoms with van der Waals surface area (Å²) in [6.45, 7) is 0. The van der Waals surface area contributed by atoms with E-state index in [1.165, 1.54) is 12.1 Å². The maximum absolute atomic E-state index is 13.0. The zero-order chi connectivity index (χ0) is 23.2. The third-order valence-corrected chi connectivity index (χ3v) is 6.54. The Balaban J connectivity index is 1.42. The lowest BCUT2D eigenvalue weighted by Gasteiger charge is -2.25. The van der Waals surface area contributed by atoms with Crippen LogP contribution in [0.25, 0.3) is 10.9 Å². The monoisotopic (exact) mass is 456 g/mol. The number of aromatic nitrogens is 3. The van der Waals surface area contributed by atoms with Crippen molar-refractivity contribution in [2.24, 2.45) is 5.92 Å². The number of nitrogens with zero attached hydrogens (tertiary/aromatic N) is 3. The minimum Gasteiger partial charge on any atom is -0.320 e. The second-order valence-electron chi connectivity index (χ2n) is 8.95. The predicted octanol–water partition coefficient (Wildman–Crippen LogP) is 5.51. The van der Waals surface area contributed by atoms with Crippen LogP contribution in [-0.2, 0) is 11.0 Å². The van der Waals surface area contributed by atoms with Crippen molar-refractivity contribution >= 4 is 28.8 Å². The van der Waals surface area contributed by atoms with E-state index in [2.05, 4.69) is 10.3 Å². The van der Waals surface area contributed by atoms with E-state index in [0.29, 0.717) is 11.6 Å². The summed E-state index contributed by atoms with van der Waals surface area (Å²) in [6.07, 6.45) is 3.82. The molecule has 2 saturated carbocycles. The van der Waals surface area contributed by atoms with Gasteiger partial charge in [-0.3, -0.25) is 9.48 Å². The molecule has 2 aliphatic carbocycles. The van der Waals surface area contributed by atoms with Crippen molar-refractivity contribution in [2.75, 3.05) is 5.32 Å². The lowest BCUT2D eigenvalue weighted by atomic mass is 9.87. The molecule has 33 heavy (non-hydrogen) atoms. The molecule has 2 fully saturated rings. The molecule has 2 aliphatic rings. The molecule has 0 atom stereocenters. The van der Waals surface area contributed by atoms with Gasteiger partial charge >= 0.3 is 6.18 Å². The van der Waals surface area contributed by atoms with Gasteiger partial charge in [0.15, 0.2) is 0 Å². The van der Waals surface area contributed by atoms with Gasteiger partial charge in [-0.05, 0) is 74.3 Å². The van der Waals surface area contributed by atoms with Gasteiger partial charge in [0.05, 0.1) is 11.6 Å². The normalized spacial score (nSPS) is 21.2. The van der Waals surface area contributed by atoms with Gasteiger partial charge in [0, 0.05) is 23.2 Å². The maximum atomic E-state index is 13.0. The molecule has 3 aromatic rings. The SMILES string of the molecule is O=C[C@H]1CC[C@H](n2cc3cc(NC(=O)c4cccc(C(F)(F)F)n4)c(C4CC4)cc3n2)CC1. The number of carbonyl (C=O) groups excluding carboxylic acids is 2. The molecular formula is C24H23F3N4O2. The first-order valence-corrected chi connectivity index (χ1v) is 11.2. The number of aldehydes is 1. The van der Waals surface area contributed by atoms with Crippen molar-refractivity contribution in [2.45, 2.75) is 56.7 Å². The van der Waals surface area contributed by atoms with E-state index in [1.807, 2.05) is 23.0 Å². The van der Waals surface area contributed by atoms with Crippen molar-refractivity contribution < 1.29 is 22.8 Å². The van der Waals surface area contributed by atoms with E-state index in [9.17, 15) is 22.8 Å². The molecule has 0 unspecified atom stereocenters. The second-order valence-corrected chi connectivity index (χ2v) is 8.95. The molecule has 1 aromatic carbocycles. The fraction of sp³-hybridized carbons (Fsp3) is 0.417. The quantitative estimate of drug-likeness (QED) is 0.514. The predicted molar refractivity (Wildman–Crippen MR) is 116 cm³/mol. The van der Waals surface area contributed by atoms with Gasteiger partial charge in [-0.15, -0.1) is 0 Å². The van der Waals surface area contributed by atoms with Crippen LogP contribution >= 0.6 is 0 Å². The average molecular weight is 456 g/mol. The number of carbonyl (C=O) groups is 2. The summed E-state index contributed by atoms with van der Waals surface area (Å²) < 4.78 is 40.9. The number of rotatable bonds is 5. The van der Waals surface area contributed by atoms with Crippen LogP contribution < -0.4 is 5.32 Å². The number of benzene rings is 1. The smallest absolute Gasteiger partial charge is 0.320 e. The standard InChI is InChI=1S/C24H23F3N4O2/c25-24(26,27)22-3-1-2-19(28-22)23(33)29-21-10-16-12-31(17-8-4-14(13-32)5-9-17)30-20(16)11-18(21)15-6-7-15/h1-3,10-15,17H,4-9H2,(H,29,33)/t14-,17-. The van der Waals surface area contributed by atoms with Crippen LogP contribution in [0.15, 0.2) is 36.5 Å². The highest BCUT2D eigenvalue weighted by atomic mass is 19.4. The van der Waals surface area contributed by atoms with Crippen LogP contribution in [-0.4, -0.2) is 27.0 Å². The number of hydrogen-bond donors (Lipinski definition) is 1. The summed E-state index contributed by atoms with van der Waals surface area (Å²) in [5.74, 6) is -0.256. The topological polar surface area (TPSA) is 76.9 Å². The van der Waals surface area contributed by atoms with Gasteiger partial charge in [-0.25, -0.2) is 4.98 Å². The zero-order valence-corrected chi connectivity index (χ0v) is 17.8. The van der Waals surface area contributed by atoms with E-state index < -0.39 is 17.8 Å². The van der Waals surface area contributed by atoms with E-state index >= 15 is 0 Å². The molecule has 2 heterocycles. The number of anilines is 1. The highest BCUT2D eigenvalue weighted by Crippen LogP contribution is 2.45. The number of pyridine rings is 1. The lowest BCUT2D eigenvalue weighted by Crippen LogP contribution is -2.19. The molecule has 9 heteroatoms. The summed E-state index contributed by atoms with van der Waals surface area (Å²) in [4.78, 5) is 27.3. The Morgan fingerprint density at radius 1 is 1.09 bits per heavy atom. The molecule has 5 rings (SSSR count). The minimum atomic E-state index is -4.62. The molecule has 6 nitrogen and oxygen atoms in total. The number of halogens is 3. The summed E-state index contributed by atoms with van der Waals surface area (Å²) in [5.41, 5.74) is 0.966. The number of amides is 1. The molecule has 1 N–H and O–H groups in total. The van der Waals surface area contributed by atoms with E-state index in [-0.39, 0.29) is 17.7 Å². The first-order valence-electron chi connectivity index (χ1n) is 11.2. The molecule has 0 aliphatic heterocycles. The summed E-state index contributed by atoms with van der Waals surface area (Å²) in [7, 11) is 0. The van der Waals surface area contributed by atoms with E-state index in [0.717, 1.165) is 67.3 Å². The Bertz CT molecular complexity index is 1210. The van der Waals surface area contributed by atoms with E-state index in [1.54, 1.807) is 0 Å². The van der Waals surface area contributed by atoms with E-state index in [4.69, 9.17) is 5.10 Å². The molecule has 0 spiro atoms. The summed E-state index contributed by atoms with van der Waals surface area (Å²) in [6, 6.07) is 7.33. The fourth-order valence-electron chi connectivity index (χ4n) is 4.54. The summed E-state index contributed by atoms with van der Waals surface area (Å²) in [5, 5.41) is 8.38. The molecule has 0 saturated heterocycles. The van der Waals surface area contributed by atoms with Gasteiger partial charge in [0.2, 0.25) is 0 Å². The number of fused-ring (bicyclic) bond motifs is 1. The third-order valence-electron chi connectivity index (χ3n) is 6.54. The van der Waals surface area contributed by atoms with Crippen LogP contribution in [0, 0.1) is 5.92 Å². The van der Waals surface area contributed by atoms with Crippen LogP contribution in [0.5, 0.6) is 0 Å². The molecule has 0 bridgehead atoms. The zero-order valence-electron chi connectivity index (χ0n) is 17.8. The number of hydrogen-bond acceptors (Lipinski definition) is 4. The van der Waals surface area contributed by atoms with Gasteiger partial charge in [-0.2, -0.15) is 18.3 Å². The Hall–Kier alpha value is -3.23. The van der Waals surface area contributed by atoms with Crippen LogP contribution in [0.4, 0.5) is 18.9 Å². The van der Waals surface area contributed by atoms with Crippen LogP contribution in [0.3, 0.4) is 0 Å². The van der Waals surface area contributed by atoms with Crippen molar-refractivity contribution in [3.63, 3.8) is 0 Å². The van der Waals surface area contributed by atoms with Crippen molar-refractivity contribution in [1.29, 1.82) is 0 Å². The highest BCUT2D eigenvalue weighted by molar-refractivity contribution is 6.04. The Kier molecular flexibility index (Phi) is 5.42. The lowest BCUT2D eigenvalue weighted by molar-refractivity contribution is -0.141. The molecule has 172 valence electrons. The third kappa shape index (κ3) is 4.49. The Labute approximate surface area is 188 Å². The van der Waals surface area contributed by atoms with Crippen molar-refractivity contribution in [1.82, 2.24) is 14.8 Å².